The molecule has 0 fully saturated rings. The van der Waals surface area contributed by atoms with E-state index in [1.807, 2.05) is 13.8 Å². The van der Waals surface area contributed by atoms with Crippen LogP contribution in [0.1, 0.15) is 19.4 Å². The van der Waals surface area contributed by atoms with E-state index in [1.165, 1.54) is 0 Å². The molecule has 0 saturated heterocycles. The van der Waals surface area contributed by atoms with Crippen molar-refractivity contribution in [2.75, 3.05) is 12.3 Å². The highest BCUT2D eigenvalue weighted by molar-refractivity contribution is 5.86. The van der Waals surface area contributed by atoms with Crippen LogP contribution in [-0.4, -0.2) is 24.4 Å². The van der Waals surface area contributed by atoms with Crippen LogP contribution in [0.2, 0.25) is 0 Å². The van der Waals surface area contributed by atoms with E-state index in [4.69, 9.17) is 5.73 Å². The topological polar surface area (TPSA) is 84.2 Å². The standard InChI is InChI=1S/C13H19N3O2.ClH/c1-9(2)16-13(18)8-15-12(17)7-10-3-5-11(14)6-4-10;/h3-6,9H,7-8,14H2,1-2H3,(H,15,17)(H,16,18);1H. The Hall–Kier alpha value is -1.75. The molecule has 0 aromatic heterocycles. The summed E-state index contributed by atoms with van der Waals surface area (Å²) in [5.41, 5.74) is 7.08. The van der Waals surface area contributed by atoms with Gasteiger partial charge in [0.05, 0.1) is 13.0 Å². The van der Waals surface area contributed by atoms with Crippen LogP contribution < -0.4 is 16.4 Å². The highest BCUT2D eigenvalue weighted by Gasteiger charge is 2.07. The second kappa shape index (κ2) is 8.37. The molecule has 6 heteroatoms. The third-order valence-electron chi connectivity index (χ3n) is 2.24. The van der Waals surface area contributed by atoms with Crippen molar-refractivity contribution in [2.24, 2.45) is 0 Å². The molecule has 0 aliphatic rings. The number of hydrogen-bond acceptors (Lipinski definition) is 3. The highest BCUT2D eigenvalue weighted by atomic mass is 35.5. The zero-order valence-corrected chi connectivity index (χ0v) is 11.9. The van der Waals surface area contributed by atoms with E-state index in [9.17, 15) is 9.59 Å². The molecule has 19 heavy (non-hydrogen) atoms. The van der Waals surface area contributed by atoms with Gasteiger partial charge in [0, 0.05) is 11.7 Å². The third kappa shape index (κ3) is 7.31. The number of nitrogens with one attached hydrogen (secondary N) is 2. The van der Waals surface area contributed by atoms with Gasteiger partial charge in [0.25, 0.3) is 0 Å². The van der Waals surface area contributed by atoms with Gasteiger partial charge in [-0.1, -0.05) is 12.1 Å². The number of nitrogen functional groups attached to an aromatic ring is 1. The van der Waals surface area contributed by atoms with Crippen LogP contribution in [0.25, 0.3) is 0 Å². The molecule has 1 aromatic carbocycles. The summed E-state index contributed by atoms with van der Waals surface area (Å²) in [6.45, 7) is 3.74. The van der Waals surface area contributed by atoms with Crippen LogP contribution in [0.5, 0.6) is 0 Å². The summed E-state index contributed by atoms with van der Waals surface area (Å²) < 4.78 is 0. The van der Waals surface area contributed by atoms with Crippen molar-refractivity contribution in [3.8, 4) is 0 Å². The first-order chi connectivity index (χ1) is 8.47. The van der Waals surface area contributed by atoms with Gasteiger partial charge in [-0.3, -0.25) is 9.59 Å². The van der Waals surface area contributed by atoms with Crippen molar-refractivity contribution in [1.29, 1.82) is 0 Å². The van der Waals surface area contributed by atoms with E-state index in [2.05, 4.69) is 10.6 Å². The van der Waals surface area contributed by atoms with Gasteiger partial charge in [-0.05, 0) is 31.5 Å². The fourth-order valence-electron chi connectivity index (χ4n) is 1.44. The Morgan fingerprint density at radius 3 is 2.26 bits per heavy atom. The van der Waals surface area contributed by atoms with Crippen LogP contribution in [-0.2, 0) is 16.0 Å². The van der Waals surface area contributed by atoms with Gasteiger partial charge in [-0.25, -0.2) is 0 Å². The van der Waals surface area contributed by atoms with E-state index in [0.717, 1.165) is 5.56 Å². The van der Waals surface area contributed by atoms with Gasteiger partial charge in [0.2, 0.25) is 11.8 Å². The van der Waals surface area contributed by atoms with Crippen LogP contribution in [0.4, 0.5) is 5.69 Å². The van der Waals surface area contributed by atoms with Gasteiger partial charge in [-0.2, -0.15) is 0 Å². The third-order valence-corrected chi connectivity index (χ3v) is 2.24. The summed E-state index contributed by atoms with van der Waals surface area (Å²) in [7, 11) is 0. The van der Waals surface area contributed by atoms with Crippen LogP contribution in [0, 0.1) is 0 Å². The van der Waals surface area contributed by atoms with E-state index in [-0.39, 0.29) is 43.2 Å². The van der Waals surface area contributed by atoms with E-state index in [0.29, 0.717) is 5.69 Å². The smallest absolute Gasteiger partial charge is 0.239 e. The summed E-state index contributed by atoms with van der Waals surface area (Å²) in [6, 6.07) is 7.15. The van der Waals surface area contributed by atoms with Crippen molar-refractivity contribution in [1.82, 2.24) is 10.6 Å². The number of benzene rings is 1. The van der Waals surface area contributed by atoms with Gasteiger partial charge in [0.15, 0.2) is 0 Å². The first kappa shape index (κ1) is 17.2. The normalized spacial score (nSPS) is 9.63. The summed E-state index contributed by atoms with van der Waals surface area (Å²) in [4.78, 5) is 22.9. The monoisotopic (exact) mass is 285 g/mol. The second-order valence-corrected chi connectivity index (χ2v) is 4.42. The molecule has 5 nitrogen and oxygen atoms in total. The molecular formula is C13H20ClN3O2. The Morgan fingerprint density at radius 2 is 1.74 bits per heavy atom. The number of hydrogen-bond donors (Lipinski definition) is 3. The molecular weight excluding hydrogens is 266 g/mol. The molecule has 0 unspecified atom stereocenters. The summed E-state index contributed by atoms with van der Waals surface area (Å²) in [5.74, 6) is -0.366. The first-order valence-corrected chi connectivity index (χ1v) is 5.88. The van der Waals surface area contributed by atoms with Crippen LogP contribution in [0.15, 0.2) is 24.3 Å². The van der Waals surface area contributed by atoms with Gasteiger partial charge >= 0.3 is 0 Å². The molecule has 2 amide bonds. The van der Waals surface area contributed by atoms with E-state index in [1.54, 1.807) is 24.3 Å². The highest BCUT2D eigenvalue weighted by Crippen LogP contribution is 2.05. The summed E-state index contributed by atoms with van der Waals surface area (Å²) >= 11 is 0. The average molecular weight is 286 g/mol. The Morgan fingerprint density at radius 1 is 1.16 bits per heavy atom. The Labute approximate surface area is 119 Å². The average Bonchev–Trinajstić information content (AvgIpc) is 2.29. The molecule has 0 atom stereocenters. The Balaban J connectivity index is 0.00000324. The largest absolute Gasteiger partial charge is 0.399 e. The molecule has 0 bridgehead atoms. The van der Waals surface area contributed by atoms with Crippen LogP contribution in [0.3, 0.4) is 0 Å². The second-order valence-electron chi connectivity index (χ2n) is 4.42. The number of carbonyl (C=O) groups excluding carboxylic acids is 2. The van der Waals surface area contributed by atoms with Crippen molar-refractivity contribution >= 4 is 29.9 Å². The minimum atomic E-state index is -0.185. The predicted octanol–water partition coefficient (Wildman–Crippen LogP) is 0.874. The molecule has 106 valence electrons. The lowest BCUT2D eigenvalue weighted by atomic mass is 10.1. The molecule has 0 aliphatic carbocycles. The minimum Gasteiger partial charge on any atom is -0.399 e. The lowest BCUT2D eigenvalue weighted by Crippen LogP contribution is -2.40. The maximum atomic E-state index is 11.6. The van der Waals surface area contributed by atoms with Crippen molar-refractivity contribution in [2.45, 2.75) is 26.3 Å². The zero-order chi connectivity index (χ0) is 13.5. The molecule has 1 rings (SSSR count). The van der Waals surface area contributed by atoms with E-state index >= 15 is 0 Å². The number of carbonyl (C=O) groups is 2. The minimum absolute atomic E-state index is 0. The van der Waals surface area contributed by atoms with Gasteiger partial charge in [0.1, 0.15) is 0 Å². The molecule has 1 aromatic rings. The SMILES string of the molecule is CC(C)NC(=O)CNC(=O)Cc1ccc(N)cc1.Cl. The molecule has 0 heterocycles. The molecule has 0 radical (unpaired) electrons. The van der Waals surface area contributed by atoms with Crippen molar-refractivity contribution in [3.63, 3.8) is 0 Å². The van der Waals surface area contributed by atoms with Gasteiger partial charge < -0.3 is 16.4 Å². The van der Waals surface area contributed by atoms with E-state index < -0.39 is 0 Å². The molecule has 0 saturated carbocycles. The zero-order valence-electron chi connectivity index (χ0n) is 11.1. The fourth-order valence-corrected chi connectivity index (χ4v) is 1.44. The first-order valence-electron chi connectivity index (χ1n) is 5.88. The number of amides is 2. The Bertz CT molecular complexity index is 418. The fraction of sp³-hybridized carbons (Fsp3) is 0.385. The Kier molecular flexibility index (Phi) is 7.60. The number of anilines is 1. The number of rotatable bonds is 5. The lowest BCUT2D eigenvalue weighted by Gasteiger charge is -2.09. The van der Waals surface area contributed by atoms with Crippen LogP contribution >= 0.6 is 12.4 Å². The number of nitrogens with two attached hydrogens (primary N) is 1. The quantitative estimate of drug-likeness (QED) is 0.702. The van der Waals surface area contributed by atoms with Crippen molar-refractivity contribution < 1.29 is 9.59 Å². The molecule has 0 aliphatic heterocycles. The summed E-state index contributed by atoms with van der Waals surface area (Å²) in [6.07, 6.45) is 0.245. The molecule has 0 spiro atoms. The van der Waals surface area contributed by atoms with Gasteiger partial charge in [-0.15, -0.1) is 12.4 Å². The maximum absolute atomic E-state index is 11.6. The lowest BCUT2D eigenvalue weighted by molar-refractivity contribution is -0.126. The summed E-state index contributed by atoms with van der Waals surface area (Å²) in [5, 5.41) is 5.27. The molecule has 4 N–H and O–H groups in total. The number of halogens is 1. The predicted molar refractivity (Wildman–Crippen MR) is 78.1 cm³/mol. The maximum Gasteiger partial charge on any atom is 0.239 e. The van der Waals surface area contributed by atoms with Crippen molar-refractivity contribution in [3.05, 3.63) is 29.8 Å².